The van der Waals surface area contributed by atoms with Crippen LogP contribution in [-0.4, -0.2) is 43.9 Å². The molecule has 0 aliphatic heterocycles. The van der Waals surface area contributed by atoms with Crippen molar-refractivity contribution in [3.63, 3.8) is 0 Å². The number of aromatic amines is 1. The van der Waals surface area contributed by atoms with E-state index in [0.717, 1.165) is 5.56 Å². The van der Waals surface area contributed by atoms with Gasteiger partial charge in [0, 0.05) is 5.69 Å². The van der Waals surface area contributed by atoms with Crippen LogP contribution in [0, 0.1) is 19.7 Å². The molecule has 1 N–H and O–H groups in total. The highest BCUT2D eigenvalue weighted by atomic mass is 32.2. The number of aromatic nitrogens is 4. The van der Waals surface area contributed by atoms with Crippen LogP contribution in [0.2, 0.25) is 0 Å². The largest absolute Gasteiger partial charge is 0.462 e. The molecule has 0 saturated carbocycles. The summed E-state index contributed by atoms with van der Waals surface area (Å²) < 4.78 is 21.5. The molecule has 0 amide bonds. The maximum absolute atomic E-state index is 14.6. The Balaban J connectivity index is 1.61. The normalized spacial score (nSPS) is 11.0. The zero-order valence-electron chi connectivity index (χ0n) is 19.7. The van der Waals surface area contributed by atoms with Crippen molar-refractivity contribution in [1.82, 2.24) is 19.7 Å². The molecule has 0 saturated heterocycles. The maximum Gasteiger partial charge on any atom is 0.340 e. The van der Waals surface area contributed by atoms with Crippen molar-refractivity contribution in [3.8, 4) is 11.4 Å². The molecule has 0 aliphatic carbocycles. The number of nitrogens with one attached hydrogen (secondary N) is 1. The number of esters is 1. The quantitative estimate of drug-likeness (QED) is 0.196. The van der Waals surface area contributed by atoms with E-state index in [4.69, 9.17) is 4.74 Å². The number of benzene rings is 2. The molecule has 0 unspecified atom stereocenters. The molecule has 180 valence electrons. The Labute approximate surface area is 206 Å². The highest BCUT2D eigenvalue weighted by Gasteiger charge is 2.24. The van der Waals surface area contributed by atoms with Gasteiger partial charge >= 0.3 is 5.97 Å². The second kappa shape index (κ2) is 10.7. The molecule has 9 heteroatoms. The van der Waals surface area contributed by atoms with E-state index in [-0.39, 0.29) is 18.1 Å². The van der Waals surface area contributed by atoms with Crippen molar-refractivity contribution in [2.45, 2.75) is 32.5 Å². The minimum atomic E-state index is -0.456. The Hall–Kier alpha value is -3.72. The van der Waals surface area contributed by atoms with Crippen LogP contribution in [0.25, 0.3) is 11.4 Å². The molecule has 2 heterocycles. The number of ether oxygens (including phenoxy) is 1. The van der Waals surface area contributed by atoms with Crippen LogP contribution < -0.4 is 0 Å². The molecule has 4 aromatic rings. The summed E-state index contributed by atoms with van der Waals surface area (Å²) >= 11 is 1.21. The number of carbonyl (C=O) groups excluding carboxylic acids is 2. The SMILES string of the molecule is CCOC(=O)c1c(C)[nH]c(C(=O)CSc2nnc(-c3ccccc3F)n2Cc2ccccc2)c1C. The fraction of sp³-hybridized carbons (Fsp3) is 0.231. The Kier molecular flexibility index (Phi) is 7.45. The van der Waals surface area contributed by atoms with Crippen molar-refractivity contribution >= 4 is 23.5 Å². The van der Waals surface area contributed by atoms with Crippen LogP contribution in [0.5, 0.6) is 0 Å². The molecule has 0 aliphatic rings. The molecule has 0 atom stereocenters. The average molecular weight is 493 g/mol. The summed E-state index contributed by atoms with van der Waals surface area (Å²) in [6.45, 7) is 5.87. The fourth-order valence-electron chi connectivity index (χ4n) is 3.89. The standard InChI is InChI=1S/C26H25FN4O3S/c1-4-34-25(33)22-16(2)23(28-17(22)3)21(32)15-35-26-30-29-24(19-12-8-9-13-20(19)27)31(26)14-18-10-6-5-7-11-18/h5-13,28H,4,14-15H2,1-3H3. The average Bonchev–Trinajstić information content (AvgIpc) is 3.38. The van der Waals surface area contributed by atoms with Crippen molar-refractivity contribution in [1.29, 1.82) is 0 Å². The maximum atomic E-state index is 14.6. The van der Waals surface area contributed by atoms with Gasteiger partial charge in [-0.05, 0) is 44.0 Å². The highest BCUT2D eigenvalue weighted by Crippen LogP contribution is 2.28. The van der Waals surface area contributed by atoms with Crippen molar-refractivity contribution in [3.05, 3.63) is 88.5 Å². The minimum absolute atomic E-state index is 0.0628. The Morgan fingerprint density at radius 2 is 1.77 bits per heavy atom. The lowest BCUT2D eigenvalue weighted by Gasteiger charge is -2.11. The van der Waals surface area contributed by atoms with Gasteiger partial charge in [-0.2, -0.15) is 0 Å². The van der Waals surface area contributed by atoms with E-state index < -0.39 is 11.8 Å². The number of hydrogen-bond acceptors (Lipinski definition) is 6. The summed E-state index contributed by atoms with van der Waals surface area (Å²) in [7, 11) is 0. The number of ketones is 1. The van der Waals surface area contributed by atoms with E-state index in [9.17, 15) is 14.0 Å². The third kappa shape index (κ3) is 5.19. The first-order chi connectivity index (χ1) is 16.9. The number of Topliss-reactive ketones (excluding diaryl/α,β-unsaturated/α-hetero) is 1. The minimum Gasteiger partial charge on any atom is -0.462 e. The molecular weight excluding hydrogens is 467 g/mol. The lowest BCUT2D eigenvalue weighted by molar-refractivity contribution is 0.0525. The number of thioether (sulfide) groups is 1. The van der Waals surface area contributed by atoms with Gasteiger partial charge in [-0.15, -0.1) is 10.2 Å². The number of nitrogens with zero attached hydrogens (tertiary/aromatic N) is 3. The molecule has 2 aromatic heterocycles. The molecular formula is C26H25FN4O3S. The molecule has 35 heavy (non-hydrogen) atoms. The van der Waals surface area contributed by atoms with Crippen LogP contribution in [0.3, 0.4) is 0 Å². The van der Waals surface area contributed by atoms with Gasteiger partial charge < -0.3 is 9.72 Å². The third-order valence-electron chi connectivity index (χ3n) is 5.54. The number of rotatable bonds is 9. The van der Waals surface area contributed by atoms with E-state index in [0.29, 0.717) is 45.6 Å². The summed E-state index contributed by atoms with van der Waals surface area (Å²) in [4.78, 5) is 28.4. The first-order valence-electron chi connectivity index (χ1n) is 11.1. The van der Waals surface area contributed by atoms with Gasteiger partial charge in [-0.1, -0.05) is 54.2 Å². The van der Waals surface area contributed by atoms with E-state index in [1.807, 2.05) is 34.9 Å². The molecule has 2 aromatic carbocycles. The number of aryl methyl sites for hydroxylation is 1. The predicted octanol–water partition coefficient (Wildman–Crippen LogP) is 5.23. The predicted molar refractivity (Wildman–Crippen MR) is 132 cm³/mol. The van der Waals surface area contributed by atoms with Gasteiger partial charge in [-0.25, -0.2) is 9.18 Å². The first-order valence-corrected chi connectivity index (χ1v) is 12.1. The lowest BCUT2D eigenvalue weighted by atomic mass is 10.1. The summed E-state index contributed by atoms with van der Waals surface area (Å²) in [5, 5.41) is 9.00. The summed E-state index contributed by atoms with van der Waals surface area (Å²) in [5.74, 6) is -0.590. The molecule has 0 fully saturated rings. The first kappa shape index (κ1) is 24.4. The van der Waals surface area contributed by atoms with Gasteiger partial charge in [0.05, 0.1) is 35.7 Å². The van der Waals surface area contributed by atoms with Crippen LogP contribution in [0.15, 0.2) is 59.8 Å². The fourth-order valence-corrected chi connectivity index (χ4v) is 4.70. The van der Waals surface area contributed by atoms with Crippen molar-refractivity contribution in [2.24, 2.45) is 0 Å². The van der Waals surface area contributed by atoms with Crippen LogP contribution in [0.4, 0.5) is 4.39 Å². The topological polar surface area (TPSA) is 89.9 Å². The Bertz CT molecular complexity index is 1360. The van der Waals surface area contributed by atoms with Gasteiger partial charge in [0.1, 0.15) is 5.82 Å². The van der Waals surface area contributed by atoms with Crippen LogP contribution in [-0.2, 0) is 11.3 Å². The van der Waals surface area contributed by atoms with E-state index in [1.54, 1.807) is 39.0 Å². The molecule has 7 nitrogen and oxygen atoms in total. The number of carbonyl (C=O) groups is 2. The lowest BCUT2D eigenvalue weighted by Crippen LogP contribution is -2.09. The Morgan fingerprint density at radius 3 is 2.49 bits per heavy atom. The summed E-state index contributed by atoms with van der Waals surface area (Å²) in [5.41, 5.74) is 3.22. The highest BCUT2D eigenvalue weighted by molar-refractivity contribution is 7.99. The monoisotopic (exact) mass is 492 g/mol. The molecule has 0 spiro atoms. The second-order valence-corrected chi connectivity index (χ2v) is 8.86. The second-order valence-electron chi connectivity index (χ2n) is 7.92. The molecule has 0 radical (unpaired) electrons. The van der Waals surface area contributed by atoms with E-state index in [2.05, 4.69) is 15.2 Å². The third-order valence-corrected chi connectivity index (χ3v) is 6.51. The van der Waals surface area contributed by atoms with Crippen molar-refractivity contribution in [2.75, 3.05) is 12.4 Å². The molecule has 4 rings (SSSR count). The Morgan fingerprint density at radius 1 is 1.06 bits per heavy atom. The zero-order valence-corrected chi connectivity index (χ0v) is 20.5. The van der Waals surface area contributed by atoms with Crippen LogP contribution >= 0.6 is 11.8 Å². The summed E-state index contributed by atoms with van der Waals surface area (Å²) in [6.07, 6.45) is 0. The van der Waals surface area contributed by atoms with Gasteiger partial charge in [0.15, 0.2) is 16.8 Å². The number of halogens is 1. The van der Waals surface area contributed by atoms with Gasteiger partial charge in [0.25, 0.3) is 0 Å². The van der Waals surface area contributed by atoms with Gasteiger partial charge in [0.2, 0.25) is 0 Å². The zero-order chi connectivity index (χ0) is 24.9. The smallest absolute Gasteiger partial charge is 0.340 e. The molecule has 0 bridgehead atoms. The summed E-state index contributed by atoms with van der Waals surface area (Å²) in [6, 6.07) is 16.1. The van der Waals surface area contributed by atoms with E-state index in [1.165, 1.54) is 17.8 Å². The van der Waals surface area contributed by atoms with E-state index >= 15 is 0 Å². The van der Waals surface area contributed by atoms with Crippen LogP contribution in [0.1, 0.15) is 44.6 Å². The number of H-pyrrole nitrogens is 1. The number of hydrogen-bond donors (Lipinski definition) is 1. The van der Waals surface area contributed by atoms with Crippen molar-refractivity contribution < 1.29 is 18.7 Å². The van der Waals surface area contributed by atoms with Gasteiger partial charge in [-0.3, -0.25) is 9.36 Å².